The molecular weight excluding hydrogens is 180 g/mol. The molecule has 0 heterocycles. The third-order valence-corrected chi connectivity index (χ3v) is 1.78. The number of phenolic OH excluding ortho intramolecular Hbond substituents is 1. The molecule has 3 nitrogen and oxygen atoms in total. The number of rotatable bonds is 4. The zero-order chi connectivity index (χ0) is 10.6. The van der Waals surface area contributed by atoms with Crippen LogP contribution < -0.4 is 9.47 Å². The lowest BCUT2D eigenvalue weighted by molar-refractivity contribution is 0.289. The lowest BCUT2D eigenvalue weighted by Gasteiger charge is -2.11. The van der Waals surface area contributed by atoms with Crippen molar-refractivity contribution in [2.45, 2.75) is 20.8 Å². The van der Waals surface area contributed by atoms with Gasteiger partial charge in [-0.05, 0) is 38.5 Å². The molecule has 78 valence electrons. The van der Waals surface area contributed by atoms with Crippen LogP contribution in [-0.4, -0.2) is 18.3 Å². The van der Waals surface area contributed by atoms with Gasteiger partial charge in [0.2, 0.25) is 5.75 Å². The van der Waals surface area contributed by atoms with E-state index in [9.17, 15) is 5.11 Å². The number of aromatic hydroxyl groups is 1. The largest absolute Gasteiger partial charge is 0.502 e. The number of ether oxygens (including phenoxy) is 2. The van der Waals surface area contributed by atoms with E-state index in [4.69, 9.17) is 9.47 Å². The number of hydrogen-bond acceptors (Lipinski definition) is 3. The van der Waals surface area contributed by atoms with Gasteiger partial charge < -0.3 is 14.6 Å². The third kappa shape index (κ3) is 2.31. The first-order chi connectivity index (χ1) is 6.69. The highest BCUT2D eigenvalue weighted by atomic mass is 16.5. The number of aryl methyl sites for hydroxylation is 1. The fourth-order valence-electron chi connectivity index (χ4n) is 1.24. The topological polar surface area (TPSA) is 38.7 Å². The molecule has 1 aromatic rings. The third-order valence-electron chi connectivity index (χ3n) is 1.78. The molecular formula is C11H16O3. The molecule has 0 aromatic heterocycles. The van der Waals surface area contributed by atoms with Crippen LogP contribution in [-0.2, 0) is 0 Å². The molecule has 0 amide bonds. The van der Waals surface area contributed by atoms with Crippen molar-refractivity contribution < 1.29 is 14.6 Å². The summed E-state index contributed by atoms with van der Waals surface area (Å²) in [5.74, 6) is 1.05. The normalized spacial score (nSPS) is 9.93. The molecule has 1 rings (SSSR count). The highest BCUT2D eigenvalue weighted by molar-refractivity contribution is 5.52. The SMILES string of the molecule is CCOc1cc(C)cc(OCC)c1O. The van der Waals surface area contributed by atoms with Crippen molar-refractivity contribution >= 4 is 0 Å². The standard InChI is InChI=1S/C11H16O3/c1-4-13-9-6-8(3)7-10(11(9)12)14-5-2/h6-7,12H,4-5H2,1-3H3. The van der Waals surface area contributed by atoms with Gasteiger partial charge in [-0.3, -0.25) is 0 Å². The van der Waals surface area contributed by atoms with Gasteiger partial charge in [0.25, 0.3) is 0 Å². The minimum Gasteiger partial charge on any atom is -0.502 e. The molecule has 14 heavy (non-hydrogen) atoms. The highest BCUT2D eigenvalue weighted by Crippen LogP contribution is 2.37. The van der Waals surface area contributed by atoms with Gasteiger partial charge in [0.05, 0.1) is 13.2 Å². The van der Waals surface area contributed by atoms with E-state index in [1.807, 2.05) is 20.8 Å². The summed E-state index contributed by atoms with van der Waals surface area (Å²) in [6, 6.07) is 3.59. The molecule has 0 atom stereocenters. The minimum absolute atomic E-state index is 0.0827. The summed E-state index contributed by atoms with van der Waals surface area (Å²) in [6.45, 7) is 6.75. The van der Waals surface area contributed by atoms with Crippen LogP contribution in [0.15, 0.2) is 12.1 Å². The zero-order valence-electron chi connectivity index (χ0n) is 8.83. The fourth-order valence-corrected chi connectivity index (χ4v) is 1.24. The smallest absolute Gasteiger partial charge is 0.200 e. The maximum atomic E-state index is 9.73. The van der Waals surface area contributed by atoms with Crippen molar-refractivity contribution in [3.63, 3.8) is 0 Å². The Balaban J connectivity index is 3.04. The van der Waals surface area contributed by atoms with Gasteiger partial charge in [-0.1, -0.05) is 0 Å². The molecule has 0 aliphatic rings. The van der Waals surface area contributed by atoms with E-state index in [1.54, 1.807) is 12.1 Å². The van der Waals surface area contributed by atoms with Gasteiger partial charge in [-0.15, -0.1) is 0 Å². The Labute approximate surface area is 84.3 Å². The molecule has 0 aliphatic heterocycles. The van der Waals surface area contributed by atoms with Crippen LogP contribution >= 0.6 is 0 Å². The van der Waals surface area contributed by atoms with E-state index in [2.05, 4.69) is 0 Å². The predicted molar refractivity (Wildman–Crippen MR) is 55.2 cm³/mol. The predicted octanol–water partition coefficient (Wildman–Crippen LogP) is 2.50. The van der Waals surface area contributed by atoms with E-state index < -0.39 is 0 Å². The maximum Gasteiger partial charge on any atom is 0.200 e. The van der Waals surface area contributed by atoms with Crippen molar-refractivity contribution in [3.05, 3.63) is 17.7 Å². The average molecular weight is 196 g/mol. The second-order valence-corrected chi connectivity index (χ2v) is 2.98. The molecule has 0 saturated heterocycles. The van der Waals surface area contributed by atoms with Crippen LogP contribution in [0.3, 0.4) is 0 Å². The van der Waals surface area contributed by atoms with Gasteiger partial charge in [-0.25, -0.2) is 0 Å². The van der Waals surface area contributed by atoms with Gasteiger partial charge in [0, 0.05) is 0 Å². The Morgan fingerprint density at radius 2 is 1.50 bits per heavy atom. The summed E-state index contributed by atoms with van der Waals surface area (Å²) in [4.78, 5) is 0. The second-order valence-electron chi connectivity index (χ2n) is 2.98. The van der Waals surface area contributed by atoms with Crippen LogP contribution in [0.25, 0.3) is 0 Å². The molecule has 0 radical (unpaired) electrons. The van der Waals surface area contributed by atoms with Crippen LogP contribution in [0, 0.1) is 6.92 Å². The first-order valence-corrected chi connectivity index (χ1v) is 4.78. The number of benzene rings is 1. The van der Waals surface area contributed by atoms with Gasteiger partial charge in [0.1, 0.15) is 0 Å². The zero-order valence-corrected chi connectivity index (χ0v) is 8.83. The van der Waals surface area contributed by atoms with Crippen LogP contribution in [0.5, 0.6) is 17.2 Å². The molecule has 0 aliphatic carbocycles. The van der Waals surface area contributed by atoms with Crippen molar-refractivity contribution in [2.24, 2.45) is 0 Å². The van der Waals surface area contributed by atoms with E-state index in [0.717, 1.165) is 5.56 Å². The lowest BCUT2D eigenvalue weighted by atomic mass is 10.2. The monoisotopic (exact) mass is 196 g/mol. The first kappa shape index (κ1) is 10.7. The molecule has 0 bridgehead atoms. The quantitative estimate of drug-likeness (QED) is 0.804. The summed E-state index contributed by atoms with van der Waals surface area (Å²) >= 11 is 0. The Hall–Kier alpha value is -1.38. The second kappa shape index (κ2) is 4.74. The summed E-state index contributed by atoms with van der Waals surface area (Å²) in [5.41, 5.74) is 1.01. The molecule has 3 heteroatoms. The average Bonchev–Trinajstić information content (AvgIpc) is 2.14. The summed E-state index contributed by atoms with van der Waals surface area (Å²) in [5, 5.41) is 9.73. The Bertz CT molecular complexity index is 280. The summed E-state index contributed by atoms with van der Waals surface area (Å²) in [7, 11) is 0. The van der Waals surface area contributed by atoms with Crippen molar-refractivity contribution in [1.29, 1.82) is 0 Å². The van der Waals surface area contributed by atoms with Crippen LogP contribution in [0.2, 0.25) is 0 Å². The molecule has 1 N–H and O–H groups in total. The molecule has 0 saturated carbocycles. The molecule has 0 unspecified atom stereocenters. The Kier molecular flexibility index (Phi) is 3.63. The lowest BCUT2D eigenvalue weighted by Crippen LogP contribution is -1.96. The van der Waals surface area contributed by atoms with Crippen LogP contribution in [0.1, 0.15) is 19.4 Å². The molecule has 0 spiro atoms. The fraction of sp³-hybridized carbons (Fsp3) is 0.455. The Morgan fingerprint density at radius 1 is 1.07 bits per heavy atom. The van der Waals surface area contributed by atoms with E-state index in [0.29, 0.717) is 24.7 Å². The van der Waals surface area contributed by atoms with Gasteiger partial charge >= 0.3 is 0 Å². The number of hydrogen-bond donors (Lipinski definition) is 1. The Morgan fingerprint density at radius 3 is 1.86 bits per heavy atom. The maximum absolute atomic E-state index is 9.73. The highest BCUT2D eigenvalue weighted by Gasteiger charge is 2.09. The van der Waals surface area contributed by atoms with Crippen molar-refractivity contribution in [3.8, 4) is 17.2 Å². The summed E-state index contributed by atoms with van der Waals surface area (Å²) in [6.07, 6.45) is 0. The number of phenols is 1. The first-order valence-electron chi connectivity index (χ1n) is 4.78. The minimum atomic E-state index is 0.0827. The summed E-state index contributed by atoms with van der Waals surface area (Å²) < 4.78 is 10.5. The molecule has 0 fully saturated rings. The van der Waals surface area contributed by atoms with Gasteiger partial charge in [0.15, 0.2) is 11.5 Å². The van der Waals surface area contributed by atoms with E-state index in [-0.39, 0.29) is 5.75 Å². The van der Waals surface area contributed by atoms with E-state index in [1.165, 1.54) is 0 Å². The van der Waals surface area contributed by atoms with Crippen molar-refractivity contribution in [2.75, 3.05) is 13.2 Å². The molecule has 1 aromatic carbocycles. The van der Waals surface area contributed by atoms with Gasteiger partial charge in [-0.2, -0.15) is 0 Å². The van der Waals surface area contributed by atoms with Crippen LogP contribution in [0.4, 0.5) is 0 Å². The van der Waals surface area contributed by atoms with E-state index >= 15 is 0 Å². The van der Waals surface area contributed by atoms with Crippen molar-refractivity contribution in [1.82, 2.24) is 0 Å².